The maximum atomic E-state index is 13.7. The van der Waals surface area contributed by atoms with Crippen molar-refractivity contribution in [2.45, 2.75) is 44.2 Å². The van der Waals surface area contributed by atoms with Gasteiger partial charge in [-0.3, -0.25) is 4.79 Å². The SMILES string of the molecule is CCC1=Cc2c(cnn2-c2ccc(F)cc2)C(C(=O)NC(CC)c2cc(N(C)C)nc(S(C)(=O)=O)c2)=CC1. The molecule has 38 heavy (non-hydrogen) atoms. The molecule has 200 valence electrons. The monoisotopic (exact) mass is 537 g/mol. The van der Waals surface area contributed by atoms with Gasteiger partial charge in [0, 0.05) is 31.5 Å². The van der Waals surface area contributed by atoms with Crippen molar-refractivity contribution >= 4 is 33.2 Å². The molecular weight excluding hydrogens is 505 g/mol. The van der Waals surface area contributed by atoms with Crippen LogP contribution >= 0.6 is 0 Å². The number of allylic oxidation sites excluding steroid dienone is 2. The quantitative estimate of drug-likeness (QED) is 0.447. The van der Waals surface area contributed by atoms with Gasteiger partial charge in [0.25, 0.3) is 5.91 Å². The summed E-state index contributed by atoms with van der Waals surface area (Å²) in [6.45, 7) is 3.98. The molecular formula is C28H32FN5O3S. The van der Waals surface area contributed by atoms with Crippen molar-refractivity contribution in [2.75, 3.05) is 25.3 Å². The highest BCUT2D eigenvalue weighted by Crippen LogP contribution is 2.32. The molecule has 0 radical (unpaired) electrons. The Labute approximate surface area is 222 Å². The molecule has 0 saturated heterocycles. The third kappa shape index (κ3) is 5.70. The number of rotatable bonds is 8. The van der Waals surface area contributed by atoms with E-state index in [0.717, 1.165) is 23.9 Å². The van der Waals surface area contributed by atoms with Gasteiger partial charge in [0.1, 0.15) is 11.6 Å². The molecule has 2 aromatic heterocycles. The Hall–Kier alpha value is -3.79. The number of nitrogens with zero attached hydrogens (tertiary/aromatic N) is 4. The zero-order valence-electron chi connectivity index (χ0n) is 22.2. The van der Waals surface area contributed by atoms with Crippen molar-refractivity contribution in [1.82, 2.24) is 20.1 Å². The molecule has 1 amide bonds. The highest BCUT2D eigenvalue weighted by atomic mass is 32.2. The first kappa shape index (κ1) is 27.3. The lowest BCUT2D eigenvalue weighted by molar-refractivity contribution is -0.116. The van der Waals surface area contributed by atoms with Gasteiger partial charge in [-0.25, -0.2) is 22.5 Å². The van der Waals surface area contributed by atoms with Crippen LogP contribution < -0.4 is 10.2 Å². The Morgan fingerprint density at radius 1 is 1.18 bits per heavy atom. The molecule has 10 heteroatoms. The van der Waals surface area contributed by atoms with E-state index in [2.05, 4.69) is 22.3 Å². The van der Waals surface area contributed by atoms with Crippen LogP contribution in [0.25, 0.3) is 17.3 Å². The summed E-state index contributed by atoms with van der Waals surface area (Å²) >= 11 is 0. The van der Waals surface area contributed by atoms with E-state index in [0.29, 0.717) is 41.0 Å². The van der Waals surface area contributed by atoms with Crippen LogP contribution in [-0.2, 0) is 14.6 Å². The van der Waals surface area contributed by atoms with Crippen LogP contribution in [0.5, 0.6) is 0 Å². The Balaban J connectivity index is 1.72. The summed E-state index contributed by atoms with van der Waals surface area (Å²) in [6.07, 6.45) is 8.65. The predicted molar refractivity (Wildman–Crippen MR) is 147 cm³/mol. The molecule has 1 aliphatic carbocycles. The van der Waals surface area contributed by atoms with Gasteiger partial charge in [0.2, 0.25) is 0 Å². The number of anilines is 1. The Kier molecular flexibility index (Phi) is 7.82. The van der Waals surface area contributed by atoms with Gasteiger partial charge < -0.3 is 10.2 Å². The second-order valence-corrected chi connectivity index (χ2v) is 11.5. The molecule has 1 atom stereocenters. The number of carbonyl (C=O) groups is 1. The van der Waals surface area contributed by atoms with Crippen molar-refractivity contribution in [1.29, 1.82) is 0 Å². The second kappa shape index (κ2) is 10.9. The molecule has 2 heterocycles. The standard InChI is InChI=1S/C28H32FN5O3S/c1-6-18-8-13-22(23-17-30-34(25(23)14-18)21-11-9-20(29)10-12-21)28(35)31-24(7-2)19-15-26(33(3)4)32-27(16-19)38(5,36)37/h9-17,24H,6-8H2,1-5H3,(H,31,35). The van der Waals surface area contributed by atoms with Crippen molar-refractivity contribution in [3.05, 3.63) is 76.9 Å². The number of fused-ring (bicyclic) bond motifs is 1. The van der Waals surface area contributed by atoms with Crippen LogP contribution in [0.2, 0.25) is 0 Å². The molecule has 4 rings (SSSR count). The van der Waals surface area contributed by atoms with E-state index in [1.54, 1.807) is 48.1 Å². The number of carbonyl (C=O) groups excluding carboxylic acids is 1. The minimum atomic E-state index is -3.56. The van der Waals surface area contributed by atoms with Crippen LogP contribution in [-0.4, -0.2) is 49.4 Å². The van der Waals surface area contributed by atoms with Crippen molar-refractivity contribution in [3.8, 4) is 5.69 Å². The van der Waals surface area contributed by atoms with Crippen LogP contribution in [0.15, 0.2) is 59.3 Å². The molecule has 1 unspecified atom stereocenters. The Bertz CT molecular complexity index is 1520. The highest BCUT2D eigenvalue weighted by molar-refractivity contribution is 7.90. The van der Waals surface area contributed by atoms with E-state index in [9.17, 15) is 17.6 Å². The number of benzene rings is 1. The Morgan fingerprint density at radius 3 is 2.50 bits per heavy atom. The summed E-state index contributed by atoms with van der Waals surface area (Å²) in [5.41, 5.74) is 4.38. The minimum absolute atomic E-state index is 0.0419. The third-order valence-corrected chi connectivity index (χ3v) is 7.51. The average molecular weight is 538 g/mol. The maximum Gasteiger partial charge on any atom is 0.252 e. The molecule has 3 aromatic rings. The first-order valence-corrected chi connectivity index (χ1v) is 14.3. The first-order valence-electron chi connectivity index (χ1n) is 12.5. The van der Waals surface area contributed by atoms with Gasteiger partial charge in [-0.2, -0.15) is 5.10 Å². The van der Waals surface area contributed by atoms with Crippen molar-refractivity contribution < 1.29 is 17.6 Å². The van der Waals surface area contributed by atoms with E-state index in [4.69, 9.17) is 0 Å². The van der Waals surface area contributed by atoms with E-state index in [1.165, 1.54) is 18.2 Å². The number of halogens is 1. The highest BCUT2D eigenvalue weighted by Gasteiger charge is 2.25. The largest absolute Gasteiger partial charge is 0.363 e. The van der Waals surface area contributed by atoms with Gasteiger partial charge in [-0.05, 0) is 67.3 Å². The fraction of sp³-hybridized carbons (Fsp3) is 0.321. The normalized spacial score (nSPS) is 14.2. The summed E-state index contributed by atoms with van der Waals surface area (Å²) in [5.74, 6) is -0.134. The number of hydrogen-bond donors (Lipinski definition) is 1. The fourth-order valence-corrected chi connectivity index (χ4v) is 4.95. The zero-order valence-corrected chi connectivity index (χ0v) is 23.0. The lowest BCUT2D eigenvalue weighted by Crippen LogP contribution is -2.29. The number of hydrogen-bond acceptors (Lipinski definition) is 6. The second-order valence-electron chi connectivity index (χ2n) is 9.51. The number of amides is 1. The van der Waals surface area contributed by atoms with Crippen LogP contribution in [0.4, 0.5) is 10.2 Å². The van der Waals surface area contributed by atoms with E-state index >= 15 is 0 Å². The average Bonchev–Trinajstić information content (AvgIpc) is 3.19. The number of aromatic nitrogens is 3. The minimum Gasteiger partial charge on any atom is -0.363 e. The Morgan fingerprint density at radius 2 is 1.89 bits per heavy atom. The summed E-state index contributed by atoms with van der Waals surface area (Å²) in [5, 5.41) is 7.57. The molecule has 1 aromatic carbocycles. The lowest BCUT2D eigenvalue weighted by Gasteiger charge is -2.21. The van der Waals surface area contributed by atoms with E-state index < -0.39 is 15.9 Å². The molecule has 0 aliphatic heterocycles. The molecule has 0 spiro atoms. The fourth-order valence-electron chi connectivity index (χ4n) is 4.34. The zero-order chi connectivity index (χ0) is 27.6. The smallest absolute Gasteiger partial charge is 0.252 e. The lowest BCUT2D eigenvalue weighted by atomic mass is 10.0. The summed E-state index contributed by atoms with van der Waals surface area (Å²) in [4.78, 5) is 19.7. The summed E-state index contributed by atoms with van der Waals surface area (Å²) in [7, 11) is 0.0133. The van der Waals surface area contributed by atoms with Crippen LogP contribution in [0, 0.1) is 5.82 Å². The summed E-state index contributed by atoms with van der Waals surface area (Å²) < 4.78 is 39.8. The maximum absolute atomic E-state index is 13.7. The van der Waals surface area contributed by atoms with E-state index in [-0.39, 0.29) is 16.8 Å². The molecule has 0 bridgehead atoms. The first-order chi connectivity index (χ1) is 18.0. The van der Waals surface area contributed by atoms with Crippen LogP contribution in [0.3, 0.4) is 0 Å². The van der Waals surface area contributed by atoms with Gasteiger partial charge in [-0.15, -0.1) is 0 Å². The van der Waals surface area contributed by atoms with Gasteiger partial charge in [0.05, 0.1) is 23.6 Å². The van der Waals surface area contributed by atoms with Gasteiger partial charge in [-0.1, -0.05) is 25.5 Å². The number of pyridine rings is 1. The van der Waals surface area contributed by atoms with E-state index in [1.807, 2.05) is 19.1 Å². The topological polar surface area (TPSA) is 97.2 Å². The van der Waals surface area contributed by atoms with Gasteiger partial charge >= 0.3 is 0 Å². The molecule has 0 fully saturated rings. The molecule has 8 nitrogen and oxygen atoms in total. The van der Waals surface area contributed by atoms with Crippen molar-refractivity contribution in [2.24, 2.45) is 0 Å². The third-order valence-electron chi connectivity index (χ3n) is 6.54. The summed E-state index contributed by atoms with van der Waals surface area (Å²) in [6, 6.07) is 8.92. The van der Waals surface area contributed by atoms with Crippen molar-refractivity contribution in [3.63, 3.8) is 0 Å². The molecule has 1 aliphatic rings. The molecule has 0 saturated carbocycles. The molecule has 1 N–H and O–H groups in total. The van der Waals surface area contributed by atoms with Gasteiger partial charge in [0.15, 0.2) is 14.9 Å². The van der Waals surface area contributed by atoms with Crippen LogP contribution in [0.1, 0.15) is 56.0 Å². The number of sulfone groups is 1. The number of nitrogens with one attached hydrogen (secondary N) is 1. The predicted octanol–water partition coefficient (Wildman–Crippen LogP) is 4.72.